The van der Waals surface area contributed by atoms with E-state index in [1.54, 1.807) is 6.07 Å². The molecule has 0 bridgehead atoms. The van der Waals surface area contributed by atoms with E-state index < -0.39 is 4.92 Å². The maximum Gasteiger partial charge on any atom is 0.271 e. The van der Waals surface area contributed by atoms with Gasteiger partial charge in [0.25, 0.3) is 5.69 Å². The van der Waals surface area contributed by atoms with Crippen LogP contribution in [0.2, 0.25) is 0 Å². The lowest BCUT2D eigenvalue weighted by atomic mass is 10.1. The Hall–Kier alpha value is -3.52. The molecule has 0 unspecified atom stereocenters. The fourth-order valence-corrected chi connectivity index (χ4v) is 3.75. The van der Waals surface area contributed by atoms with E-state index in [0.29, 0.717) is 17.3 Å². The molecule has 0 aliphatic heterocycles. The van der Waals surface area contributed by atoms with Crippen LogP contribution in [0.5, 0.6) is 5.75 Å². The van der Waals surface area contributed by atoms with Crippen LogP contribution in [-0.2, 0) is 0 Å². The average Bonchev–Trinajstić information content (AvgIpc) is 3.14. The van der Waals surface area contributed by atoms with Crippen LogP contribution in [-0.4, -0.2) is 22.0 Å². The number of nitrogens with one attached hydrogen (secondary N) is 1. The molecule has 0 aliphatic rings. The van der Waals surface area contributed by atoms with Crippen molar-refractivity contribution in [3.63, 3.8) is 0 Å². The Morgan fingerprint density at radius 1 is 1.15 bits per heavy atom. The Balaban J connectivity index is 1.85. The second kappa shape index (κ2) is 7.00. The number of hydrogen-bond donors (Lipinski definition) is 1. The Labute approximate surface area is 158 Å². The number of nitrogens with zero attached hydrogens (tertiary/aromatic N) is 3. The molecule has 2 aromatic carbocycles. The molecule has 0 amide bonds. The molecule has 134 valence electrons. The smallest absolute Gasteiger partial charge is 0.271 e. The van der Waals surface area contributed by atoms with Gasteiger partial charge in [-0.2, -0.15) is 0 Å². The number of methoxy groups -OCH3 is 1. The van der Waals surface area contributed by atoms with Crippen molar-refractivity contribution in [2.75, 3.05) is 12.4 Å². The Morgan fingerprint density at radius 2 is 1.96 bits per heavy atom. The van der Waals surface area contributed by atoms with Crippen LogP contribution in [0.15, 0.2) is 60.2 Å². The molecule has 0 spiro atoms. The van der Waals surface area contributed by atoms with Gasteiger partial charge in [-0.25, -0.2) is 9.97 Å². The van der Waals surface area contributed by atoms with Crippen molar-refractivity contribution in [2.24, 2.45) is 0 Å². The molecule has 4 rings (SSSR count). The molecule has 27 heavy (non-hydrogen) atoms. The number of thiophene rings is 1. The summed E-state index contributed by atoms with van der Waals surface area (Å²) < 4.78 is 5.33. The van der Waals surface area contributed by atoms with E-state index in [1.807, 2.05) is 35.7 Å². The molecule has 0 aliphatic carbocycles. The summed E-state index contributed by atoms with van der Waals surface area (Å²) in [6.45, 7) is 0. The lowest BCUT2D eigenvalue weighted by Gasteiger charge is -2.12. The van der Waals surface area contributed by atoms with Crippen LogP contribution in [0.4, 0.5) is 17.2 Å². The molecule has 2 heterocycles. The van der Waals surface area contributed by atoms with Gasteiger partial charge in [-0.15, -0.1) is 11.3 Å². The lowest BCUT2D eigenvalue weighted by molar-refractivity contribution is -0.384. The molecule has 4 aromatic rings. The summed E-state index contributed by atoms with van der Waals surface area (Å²) in [7, 11) is 1.52. The van der Waals surface area contributed by atoms with Crippen molar-refractivity contribution in [1.29, 1.82) is 0 Å². The fourth-order valence-electron chi connectivity index (χ4n) is 2.83. The largest absolute Gasteiger partial charge is 0.495 e. The molecule has 8 heteroatoms. The molecule has 2 aromatic heterocycles. The van der Waals surface area contributed by atoms with Crippen molar-refractivity contribution in [3.05, 3.63) is 70.4 Å². The first kappa shape index (κ1) is 16.9. The van der Waals surface area contributed by atoms with Gasteiger partial charge in [-0.3, -0.25) is 10.1 Å². The number of fused-ring (bicyclic) bond motifs is 1. The molecule has 0 fully saturated rings. The number of anilines is 2. The zero-order valence-electron chi connectivity index (χ0n) is 14.2. The maximum absolute atomic E-state index is 11.1. The molecular weight excluding hydrogens is 364 g/mol. The highest BCUT2D eigenvalue weighted by atomic mass is 32.1. The van der Waals surface area contributed by atoms with Crippen LogP contribution in [0.1, 0.15) is 0 Å². The molecule has 1 N–H and O–H groups in total. The van der Waals surface area contributed by atoms with E-state index in [4.69, 9.17) is 4.74 Å². The average molecular weight is 378 g/mol. The van der Waals surface area contributed by atoms with Gasteiger partial charge < -0.3 is 10.1 Å². The summed E-state index contributed by atoms with van der Waals surface area (Å²) in [5.41, 5.74) is 2.49. The third kappa shape index (κ3) is 3.18. The van der Waals surface area contributed by atoms with Gasteiger partial charge in [-0.1, -0.05) is 30.3 Å². The molecule has 0 saturated carbocycles. The monoisotopic (exact) mass is 378 g/mol. The standard InChI is InChI=1S/C19H14N4O3S/c1-26-16-8-7-13(23(24)25)9-15(16)22-18-17-14(12-5-3-2-4-6-12)10-27-19(17)21-11-20-18/h2-11H,1H3,(H,20,21,22). The van der Waals surface area contributed by atoms with Crippen molar-refractivity contribution < 1.29 is 9.66 Å². The van der Waals surface area contributed by atoms with Crippen molar-refractivity contribution in [2.45, 2.75) is 0 Å². The van der Waals surface area contributed by atoms with Crippen molar-refractivity contribution >= 4 is 38.7 Å². The third-order valence-electron chi connectivity index (χ3n) is 4.10. The zero-order chi connectivity index (χ0) is 18.8. The number of hydrogen-bond acceptors (Lipinski definition) is 7. The maximum atomic E-state index is 11.1. The van der Waals surface area contributed by atoms with E-state index >= 15 is 0 Å². The van der Waals surface area contributed by atoms with Gasteiger partial charge in [0.1, 0.15) is 22.7 Å². The van der Waals surface area contributed by atoms with Gasteiger partial charge in [0.05, 0.1) is 23.1 Å². The predicted molar refractivity (Wildman–Crippen MR) is 106 cm³/mol. The summed E-state index contributed by atoms with van der Waals surface area (Å²) in [6.07, 6.45) is 1.47. The number of benzene rings is 2. The second-order valence-corrected chi connectivity index (χ2v) is 6.54. The van der Waals surface area contributed by atoms with Crippen molar-refractivity contribution in [1.82, 2.24) is 9.97 Å². The normalized spacial score (nSPS) is 10.7. The Kier molecular flexibility index (Phi) is 4.39. The highest BCUT2D eigenvalue weighted by Gasteiger charge is 2.16. The van der Waals surface area contributed by atoms with Gasteiger partial charge in [0.2, 0.25) is 0 Å². The molecule has 7 nitrogen and oxygen atoms in total. The molecule has 0 saturated heterocycles. The summed E-state index contributed by atoms with van der Waals surface area (Å²) in [5, 5.41) is 17.2. The highest BCUT2D eigenvalue weighted by molar-refractivity contribution is 7.17. The second-order valence-electron chi connectivity index (χ2n) is 5.68. The first-order chi connectivity index (χ1) is 13.2. The topological polar surface area (TPSA) is 90.2 Å². The highest BCUT2D eigenvalue weighted by Crippen LogP contribution is 2.39. The summed E-state index contributed by atoms with van der Waals surface area (Å²) >= 11 is 1.52. The lowest BCUT2D eigenvalue weighted by Crippen LogP contribution is -1.99. The van der Waals surface area contributed by atoms with Gasteiger partial charge >= 0.3 is 0 Å². The number of nitro benzene ring substituents is 1. The number of ether oxygens (including phenoxy) is 1. The minimum absolute atomic E-state index is 0.0304. The van der Waals surface area contributed by atoms with Gasteiger partial charge in [0.15, 0.2) is 0 Å². The quantitative estimate of drug-likeness (QED) is 0.387. The van der Waals surface area contributed by atoms with Crippen LogP contribution < -0.4 is 10.1 Å². The van der Waals surface area contributed by atoms with E-state index in [1.165, 1.54) is 36.9 Å². The van der Waals surface area contributed by atoms with Crippen molar-refractivity contribution in [3.8, 4) is 16.9 Å². The summed E-state index contributed by atoms with van der Waals surface area (Å²) in [4.78, 5) is 20.2. The van der Waals surface area contributed by atoms with E-state index in [2.05, 4.69) is 15.3 Å². The van der Waals surface area contributed by atoms with E-state index in [0.717, 1.165) is 21.3 Å². The van der Waals surface area contributed by atoms with Gasteiger partial charge in [-0.05, 0) is 11.6 Å². The molecular formula is C19H14N4O3S. The SMILES string of the molecule is COc1ccc([N+](=O)[O-])cc1Nc1ncnc2scc(-c3ccccc3)c12. The zero-order valence-corrected chi connectivity index (χ0v) is 15.1. The minimum Gasteiger partial charge on any atom is -0.495 e. The fraction of sp³-hybridized carbons (Fsp3) is 0.0526. The Bertz CT molecular complexity index is 1130. The minimum atomic E-state index is -0.444. The van der Waals surface area contributed by atoms with Crippen LogP contribution in [0.25, 0.3) is 21.3 Å². The number of nitro groups is 1. The molecule has 0 radical (unpaired) electrons. The number of aromatic nitrogens is 2. The number of rotatable bonds is 5. The summed E-state index contributed by atoms with van der Waals surface area (Å²) in [5.74, 6) is 1.06. The van der Waals surface area contributed by atoms with E-state index in [-0.39, 0.29) is 5.69 Å². The van der Waals surface area contributed by atoms with E-state index in [9.17, 15) is 10.1 Å². The Morgan fingerprint density at radius 3 is 2.70 bits per heavy atom. The first-order valence-corrected chi connectivity index (χ1v) is 8.92. The molecule has 0 atom stereocenters. The predicted octanol–water partition coefficient (Wildman–Crippen LogP) is 5.02. The van der Waals surface area contributed by atoms with Gasteiger partial charge in [0, 0.05) is 23.1 Å². The summed E-state index contributed by atoms with van der Waals surface area (Å²) in [6, 6.07) is 14.3. The van der Waals surface area contributed by atoms with Crippen LogP contribution >= 0.6 is 11.3 Å². The number of non-ortho nitro benzene ring substituents is 1. The first-order valence-electron chi connectivity index (χ1n) is 8.04. The van der Waals surface area contributed by atoms with Crippen LogP contribution in [0.3, 0.4) is 0 Å². The third-order valence-corrected chi connectivity index (χ3v) is 4.99. The van der Waals surface area contributed by atoms with Crippen LogP contribution in [0, 0.1) is 10.1 Å².